The Morgan fingerprint density at radius 3 is 2.56 bits per heavy atom. The second-order valence-electron chi connectivity index (χ2n) is 1.87. The molecule has 2 nitrogen and oxygen atoms in total. The molecule has 0 aromatic carbocycles. The van der Waals surface area contributed by atoms with Crippen LogP contribution in [0.1, 0.15) is 20.3 Å². The minimum Gasteiger partial charge on any atom is -0.305 e. The Morgan fingerprint density at radius 1 is 1.67 bits per heavy atom. The maximum Gasteiger partial charge on any atom is 0.0663 e. The fraction of sp³-hybridized carbons (Fsp3) is 0.429. The summed E-state index contributed by atoms with van der Waals surface area (Å²) in [7, 11) is 0. The molecule has 0 bridgehead atoms. The second-order valence-corrected chi connectivity index (χ2v) is 1.87. The summed E-state index contributed by atoms with van der Waals surface area (Å²) in [6.45, 7) is 3.54. The third kappa shape index (κ3) is 3.48. The van der Waals surface area contributed by atoms with Crippen LogP contribution in [0, 0.1) is 16.7 Å². The highest BCUT2D eigenvalue weighted by Gasteiger charge is 1.87. The first-order valence-corrected chi connectivity index (χ1v) is 2.77. The summed E-state index contributed by atoms with van der Waals surface area (Å²) in [4.78, 5) is 0. The van der Waals surface area contributed by atoms with Gasteiger partial charge < -0.3 is 5.41 Å². The van der Waals surface area contributed by atoms with Crippen molar-refractivity contribution >= 4 is 5.71 Å². The van der Waals surface area contributed by atoms with Gasteiger partial charge in [-0.3, -0.25) is 0 Å². The smallest absolute Gasteiger partial charge is 0.0663 e. The monoisotopic (exact) mass is 122 g/mol. The van der Waals surface area contributed by atoms with E-state index in [1.54, 1.807) is 13.0 Å². The Bertz CT molecular complexity index is 172. The standard InChI is InChI=1S/C7H10N2/c1-6(7(2)9)4-3-5-8/h4,9H,3H2,1-2H3/b6-4-,9-7?. The number of nitrogens with one attached hydrogen (secondary N) is 1. The van der Waals surface area contributed by atoms with Crippen LogP contribution in [0.2, 0.25) is 0 Å². The Morgan fingerprint density at radius 2 is 2.22 bits per heavy atom. The van der Waals surface area contributed by atoms with Gasteiger partial charge in [-0.1, -0.05) is 6.08 Å². The van der Waals surface area contributed by atoms with E-state index in [1.807, 2.05) is 13.0 Å². The van der Waals surface area contributed by atoms with Crippen molar-refractivity contribution in [1.82, 2.24) is 0 Å². The van der Waals surface area contributed by atoms with Crippen molar-refractivity contribution < 1.29 is 0 Å². The fourth-order valence-electron chi connectivity index (χ4n) is 0.352. The molecule has 0 heterocycles. The van der Waals surface area contributed by atoms with Crippen molar-refractivity contribution in [1.29, 1.82) is 10.7 Å². The highest BCUT2D eigenvalue weighted by Crippen LogP contribution is 1.95. The first kappa shape index (κ1) is 7.90. The Balaban J connectivity index is 3.88. The molecule has 0 aromatic rings. The first-order valence-electron chi connectivity index (χ1n) is 2.77. The number of allylic oxidation sites excluding steroid dienone is 2. The molecule has 0 aromatic heterocycles. The van der Waals surface area contributed by atoms with Crippen molar-refractivity contribution in [3.63, 3.8) is 0 Å². The van der Waals surface area contributed by atoms with E-state index in [0.29, 0.717) is 12.1 Å². The third-order valence-electron chi connectivity index (χ3n) is 1.09. The van der Waals surface area contributed by atoms with Crippen molar-refractivity contribution in [3.8, 4) is 6.07 Å². The summed E-state index contributed by atoms with van der Waals surface area (Å²) in [6.07, 6.45) is 2.16. The molecule has 0 unspecified atom stereocenters. The molecule has 0 aliphatic carbocycles. The van der Waals surface area contributed by atoms with E-state index >= 15 is 0 Å². The van der Waals surface area contributed by atoms with Gasteiger partial charge in [0.2, 0.25) is 0 Å². The van der Waals surface area contributed by atoms with E-state index in [2.05, 4.69) is 0 Å². The van der Waals surface area contributed by atoms with E-state index in [1.165, 1.54) is 0 Å². The van der Waals surface area contributed by atoms with E-state index in [0.717, 1.165) is 5.57 Å². The van der Waals surface area contributed by atoms with Crippen LogP contribution in [0.15, 0.2) is 11.6 Å². The van der Waals surface area contributed by atoms with E-state index in [-0.39, 0.29) is 0 Å². The van der Waals surface area contributed by atoms with Gasteiger partial charge in [0.05, 0.1) is 12.5 Å². The predicted molar refractivity (Wildman–Crippen MR) is 37.4 cm³/mol. The van der Waals surface area contributed by atoms with Gasteiger partial charge in [-0.2, -0.15) is 5.26 Å². The zero-order valence-corrected chi connectivity index (χ0v) is 5.73. The average Bonchev–Trinajstić information content (AvgIpc) is 1.82. The molecule has 1 N–H and O–H groups in total. The Hall–Kier alpha value is -1.10. The van der Waals surface area contributed by atoms with Crippen molar-refractivity contribution in [2.24, 2.45) is 0 Å². The number of hydrogen-bond acceptors (Lipinski definition) is 2. The molecular weight excluding hydrogens is 112 g/mol. The summed E-state index contributed by atoms with van der Waals surface area (Å²) in [5.74, 6) is 0. The maximum atomic E-state index is 8.13. The lowest BCUT2D eigenvalue weighted by Gasteiger charge is -1.91. The van der Waals surface area contributed by atoms with Crippen molar-refractivity contribution in [2.75, 3.05) is 0 Å². The molecule has 2 heteroatoms. The van der Waals surface area contributed by atoms with Gasteiger partial charge in [-0.25, -0.2) is 0 Å². The molecule has 9 heavy (non-hydrogen) atoms. The van der Waals surface area contributed by atoms with Crippen LogP contribution in [0.5, 0.6) is 0 Å². The van der Waals surface area contributed by atoms with E-state index < -0.39 is 0 Å². The maximum absolute atomic E-state index is 8.13. The number of nitriles is 1. The van der Waals surface area contributed by atoms with Crippen LogP contribution in [0.4, 0.5) is 0 Å². The number of hydrogen-bond donors (Lipinski definition) is 1. The lowest BCUT2D eigenvalue weighted by atomic mass is 10.2. The predicted octanol–water partition coefficient (Wildman–Crippen LogP) is 1.89. The average molecular weight is 122 g/mol. The quantitative estimate of drug-likeness (QED) is 0.558. The molecule has 0 saturated heterocycles. The molecule has 0 rings (SSSR count). The number of rotatable bonds is 2. The summed E-state index contributed by atoms with van der Waals surface area (Å²) < 4.78 is 0. The molecular formula is C7H10N2. The normalized spacial score (nSPS) is 10.6. The van der Waals surface area contributed by atoms with Gasteiger partial charge in [-0.15, -0.1) is 0 Å². The second kappa shape index (κ2) is 3.85. The highest BCUT2D eigenvalue weighted by atomic mass is 14.4. The molecule has 0 aliphatic heterocycles. The SMILES string of the molecule is CC(=N)/C(C)=C\CC#N. The lowest BCUT2D eigenvalue weighted by molar-refractivity contribution is 1.31. The minimum absolute atomic E-state index is 0.405. The zero-order valence-electron chi connectivity index (χ0n) is 5.73. The van der Waals surface area contributed by atoms with E-state index in [9.17, 15) is 0 Å². The summed E-state index contributed by atoms with van der Waals surface area (Å²) in [6, 6.07) is 1.98. The van der Waals surface area contributed by atoms with Crippen LogP contribution in [0.3, 0.4) is 0 Å². The summed E-state index contributed by atoms with van der Waals surface area (Å²) in [5, 5.41) is 15.2. The van der Waals surface area contributed by atoms with Crippen LogP contribution >= 0.6 is 0 Å². The highest BCUT2D eigenvalue weighted by molar-refractivity contribution is 5.94. The molecule has 0 aliphatic rings. The van der Waals surface area contributed by atoms with Crippen LogP contribution in [0.25, 0.3) is 0 Å². The number of nitrogens with zero attached hydrogens (tertiary/aromatic N) is 1. The van der Waals surface area contributed by atoms with Gasteiger partial charge in [-0.05, 0) is 19.4 Å². The summed E-state index contributed by atoms with van der Waals surface area (Å²) in [5.41, 5.74) is 1.42. The van der Waals surface area contributed by atoms with Gasteiger partial charge in [0.25, 0.3) is 0 Å². The van der Waals surface area contributed by atoms with Gasteiger partial charge in [0.15, 0.2) is 0 Å². The van der Waals surface area contributed by atoms with Crippen LogP contribution < -0.4 is 0 Å². The molecule has 0 radical (unpaired) electrons. The van der Waals surface area contributed by atoms with Crippen molar-refractivity contribution in [2.45, 2.75) is 20.3 Å². The fourth-order valence-corrected chi connectivity index (χ4v) is 0.352. The molecule has 0 spiro atoms. The Labute approximate surface area is 55.3 Å². The van der Waals surface area contributed by atoms with Gasteiger partial charge >= 0.3 is 0 Å². The first-order chi connectivity index (χ1) is 4.18. The molecule has 0 atom stereocenters. The minimum atomic E-state index is 0.405. The molecule has 0 fully saturated rings. The lowest BCUT2D eigenvalue weighted by Crippen LogP contribution is -1.88. The molecule has 48 valence electrons. The topological polar surface area (TPSA) is 47.6 Å². The Kier molecular flexibility index (Phi) is 3.38. The van der Waals surface area contributed by atoms with E-state index in [4.69, 9.17) is 10.7 Å². The molecule has 0 saturated carbocycles. The van der Waals surface area contributed by atoms with Gasteiger partial charge in [0, 0.05) is 5.71 Å². The summed E-state index contributed by atoms with van der Waals surface area (Å²) >= 11 is 0. The van der Waals surface area contributed by atoms with Crippen molar-refractivity contribution in [3.05, 3.63) is 11.6 Å². The molecule has 0 amide bonds. The third-order valence-corrected chi connectivity index (χ3v) is 1.09. The van der Waals surface area contributed by atoms with Gasteiger partial charge in [0.1, 0.15) is 0 Å². The largest absolute Gasteiger partial charge is 0.305 e. The zero-order chi connectivity index (χ0) is 7.28. The van der Waals surface area contributed by atoms with Crippen LogP contribution in [-0.2, 0) is 0 Å². The van der Waals surface area contributed by atoms with Crippen LogP contribution in [-0.4, -0.2) is 5.71 Å².